The van der Waals surface area contributed by atoms with E-state index in [1.54, 1.807) is 6.92 Å². The van der Waals surface area contributed by atoms with Gasteiger partial charge in [0.25, 0.3) is 6.43 Å². The predicted molar refractivity (Wildman–Crippen MR) is 56.6 cm³/mol. The number of aliphatic hydroxyl groups excluding tert-OH is 1. The second-order valence-electron chi connectivity index (χ2n) is 3.61. The molecule has 0 saturated carbocycles. The Balaban J connectivity index is 3.11. The Morgan fingerprint density at radius 2 is 2.00 bits per heavy atom. The summed E-state index contributed by atoms with van der Waals surface area (Å²) in [6.07, 6.45) is -3.49. The highest BCUT2D eigenvalue weighted by Gasteiger charge is 2.19. The van der Waals surface area contributed by atoms with Gasteiger partial charge in [0.2, 0.25) is 0 Å². The van der Waals surface area contributed by atoms with Crippen LogP contribution in [0.1, 0.15) is 30.6 Å². The van der Waals surface area contributed by atoms with Crippen molar-refractivity contribution in [3.05, 3.63) is 29.3 Å². The van der Waals surface area contributed by atoms with Crippen LogP contribution in [-0.4, -0.2) is 18.3 Å². The van der Waals surface area contributed by atoms with Gasteiger partial charge in [-0.05, 0) is 13.0 Å². The Hall–Kier alpha value is -1.20. The van der Waals surface area contributed by atoms with Crippen LogP contribution in [0, 0.1) is 0 Å². The van der Waals surface area contributed by atoms with E-state index in [-0.39, 0.29) is 11.3 Å². The van der Waals surface area contributed by atoms with Crippen molar-refractivity contribution in [1.29, 1.82) is 0 Å². The zero-order chi connectivity index (χ0) is 12.3. The van der Waals surface area contributed by atoms with Crippen molar-refractivity contribution in [2.24, 2.45) is 5.73 Å². The van der Waals surface area contributed by atoms with Gasteiger partial charge in [-0.1, -0.05) is 12.1 Å². The molecule has 0 aliphatic heterocycles. The Kier molecular flexibility index (Phi) is 4.20. The summed E-state index contributed by atoms with van der Waals surface area (Å²) in [4.78, 5) is 0. The number of hydrogen-bond acceptors (Lipinski definition) is 3. The molecule has 0 aliphatic rings. The highest BCUT2D eigenvalue weighted by Crippen LogP contribution is 2.31. The first-order chi connectivity index (χ1) is 7.47. The number of benzene rings is 1. The molecule has 3 N–H and O–H groups in total. The predicted octanol–water partition coefficient (Wildman–Crippen LogP) is 2.01. The highest BCUT2D eigenvalue weighted by atomic mass is 19.3. The fraction of sp³-hybridized carbons (Fsp3) is 0.455. The number of halogens is 2. The van der Waals surface area contributed by atoms with E-state index in [9.17, 15) is 13.9 Å². The van der Waals surface area contributed by atoms with Crippen molar-refractivity contribution < 1.29 is 18.6 Å². The van der Waals surface area contributed by atoms with Crippen LogP contribution in [-0.2, 0) is 0 Å². The molecule has 2 unspecified atom stereocenters. The number of rotatable bonds is 4. The summed E-state index contributed by atoms with van der Waals surface area (Å²) < 4.78 is 29.8. The minimum Gasteiger partial charge on any atom is -0.496 e. The van der Waals surface area contributed by atoms with Crippen LogP contribution in [0.15, 0.2) is 18.2 Å². The molecule has 0 radical (unpaired) electrons. The summed E-state index contributed by atoms with van der Waals surface area (Å²) >= 11 is 0. The summed E-state index contributed by atoms with van der Waals surface area (Å²) in [5, 5.41) is 9.75. The number of alkyl halides is 2. The summed E-state index contributed by atoms with van der Waals surface area (Å²) in [6.45, 7) is 1.63. The molecule has 0 aromatic heterocycles. The lowest BCUT2D eigenvalue weighted by Crippen LogP contribution is -2.24. The number of hydrogen-bond donors (Lipinski definition) is 2. The van der Waals surface area contributed by atoms with E-state index in [0.29, 0.717) is 5.56 Å². The quantitative estimate of drug-likeness (QED) is 0.833. The smallest absolute Gasteiger partial charge is 0.263 e. The van der Waals surface area contributed by atoms with E-state index >= 15 is 0 Å². The van der Waals surface area contributed by atoms with E-state index in [1.807, 2.05) is 0 Å². The Bertz CT molecular complexity index is 356. The molecule has 1 aromatic carbocycles. The summed E-state index contributed by atoms with van der Waals surface area (Å²) in [7, 11) is 1.36. The normalized spacial score (nSPS) is 14.9. The van der Waals surface area contributed by atoms with Crippen LogP contribution in [0.2, 0.25) is 0 Å². The largest absolute Gasteiger partial charge is 0.496 e. The van der Waals surface area contributed by atoms with Gasteiger partial charge in [0.05, 0.1) is 13.2 Å². The van der Waals surface area contributed by atoms with Crippen molar-refractivity contribution in [2.75, 3.05) is 7.11 Å². The van der Waals surface area contributed by atoms with Gasteiger partial charge in [-0.2, -0.15) is 0 Å². The first-order valence-electron chi connectivity index (χ1n) is 4.87. The molecule has 0 saturated heterocycles. The Morgan fingerprint density at radius 3 is 2.44 bits per heavy atom. The van der Waals surface area contributed by atoms with E-state index < -0.39 is 18.6 Å². The maximum Gasteiger partial charge on any atom is 0.263 e. The van der Waals surface area contributed by atoms with Crippen molar-refractivity contribution in [2.45, 2.75) is 25.5 Å². The van der Waals surface area contributed by atoms with E-state index in [0.717, 1.165) is 0 Å². The SMILES string of the molecule is COc1cc(C(F)F)ccc1C(O)C(C)N. The first kappa shape index (κ1) is 12.9. The first-order valence-corrected chi connectivity index (χ1v) is 4.87. The van der Waals surface area contributed by atoms with Gasteiger partial charge in [-0.3, -0.25) is 0 Å². The minimum absolute atomic E-state index is 0.141. The van der Waals surface area contributed by atoms with Gasteiger partial charge in [0, 0.05) is 17.2 Å². The molecule has 3 nitrogen and oxygen atoms in total. The van der Waals surface area contributed by atoms with Gasteiger partial charge in [0.1, 0.15) is 5.75 Å². The fourth-order valence-electron chi connectivity index (χ4n) is 1.39. The molecule has 2 atom stereocenters. The van der Waals surface area contributed by atoms with Crippen molar-refractivity contribution in [1.82, 2.24) is 0 Å². The Morgan fingerprint density at radius 1 is 1.38 bits per heavy atom. The number of methoxy groups -OCH3 is 1. The van der Waals surface area contributed by atoms with Crippen LogP contribution < -0.4 is 10.5 Å². The second-order valence-corrected chi connectivity index (χ2v) is 3.61. The molecular weight excluding hydrogens is 216 g/mol. The summed E-state index contributed by atoms with van der Waals surface area (Å²) in [5.41, 5.74) is 5.81. The van der Waals surface area contributed by atoms with Crippen LogP contribution in [0.4, 0.5) is 8.78 Å². The van der Waals surface area contributed by atoms with Crippen LogP contribution in [0.5, 0.6) is 5.75 Å². The van der Waals surface area contributed by atoms with Gasteiger partial charge in [-0.15, -0.1) is 0 Å². The molecule has 0 spiro atoms. The number of nitrogens with two attached hydrogens (primary N) is 1. The molecule has 0 fully saturated rings. The van der Waals surface area contributed by atoms with Gasteiger partial charge < -0.3 is 15.6 Å². The topological polar surface area (TPSA) is 55.5 Å². The lowest BCUT2D eigenvalue weighted by Gasteiger charge is -2.18. The molecule has 0 amide bonds. The van der Waals surface area contributed by atoms with Gasteiger partial charge >= 0.3 is 0 Å². The van der Waals surface area contributed by atoms with Crippen molar-refractivity contribution in [3.8, 4) is 5.75 Å². The van der Waals surface area contributed by atoms with Gasteiger partial charge in [0.15, 0.2) is 0 Å². The Labute approximate surface area is 92.8 Å². The van der Waals surface area contributed by atoms with Crippen LogP contribution in [0.3, 0.4) is 0 Å². The average molecular weight is 231 g/mol. The van der Waals surface area contributed by atoms with E-state index in [1.165, 1.54) is 25.3 Å². The molecule has 0 heterocycles. The fourth-order valence-corrected chi connectivity index (χ4v) is 1.39. The van der Waals surface area contributed by atoms with Gasteiger partial charge in [-0.25, -0.2) is 8.78 Å². The van der Waals surface area contributed by atoms with Crippen molar-refractivity contribution in [3.63, 3.8) is 0 Å². The van der Waals surface area contributed by atoms with Crippen LogP contribution in [0.25, 0.3) is 0 Å². The molecule has 90 valence electrons. The third kappa shape index (κ3) is 2.68. The lowest BCUT2D eigenvalue weighted by atomic mass is 10.0. The molecule has 0 aliphatic carbocycles. The van der Waals surface area contributed by atoms with E-state index in [4.69, 9.17) is 10.5 Å². The maximum atomic E-state index is 12.4. The van der Waals surface area contributed by atoms with Crippen molar-refractivity contribution >= 4 is 0 Å². The van der Waals surface area contributed by atoms with E-state index in [2.05, 4.69) is 0 Å². The molecule has 16 heavy (non-hydrogen) atoms. The number of aliphatic hydroxyl groups is 1. The maximum absolute atomic E-state index is 12.4. The average Bonchev–Trinajstić information content (AvgIpc) is 2.26. The number of ether oxygens (including phenoxy) is 1. The highest BCUT2D eigenvalue weighted by molar-refractivity contribution is 5.40. The zero-order valence-electron chi connectivity index (χ0n) is 9.15. The molecule has 5 heteroatoms. The minimum atomic E-state index is -2.56. The van der Waals surface area contributed by atoms with Crippen LogP contribution >= 0.6 is 0 Å². The third-order valence-corrected chi connectivity index (χ3v) is 2.33. The molecular formula is C11H15F2NO2. The summed E-state index contributed by atoms with van der Waals surface area (Å²) in [5.74, 6) is 0.225. The summed E-state index contributed by atoms with van der Waals surface area (Å²) in [6, 6.07) is 3.39. The zero-order valence-corrected chi connectivity index (χ0v) is 9.15. The molecule has 1 aromatic rings. The second kappa shape index (κ2) is 5.23. The third-order valence-electron chi connectivity index (χ3n) is 2.33. The molecule has 0 bridgehead atoms. The standard InChI is InChI=1S/C11H15F2NO2/c1-6(14)10(15)8-4-3-7(11(12)13)5-9(8)16-2/h3-6,10-11,15H,14H2,1-2H3. The lowest BCUT2D eigenvalue weighted by molar-refractivity contribution is 0.145. The molecule has 1 rings (SSSR count). The monoisotopic (exact) mass is 231 g/mol.